The summed E-state index contributed by atoms with van der Waals surface area (Å²) in [5.41, 5.74) is 4.16. The number of anilines is 2. The molecule has 0 atom stereocenters. The Morgan fingerprint density at radius 2 is 1.84 bits per heavy atom. The summed E-state index contributed by atoms with van der Waals surface area (Å²) >= 11 is 0. The van der Waals surface area contributed by atoms with Crippen molar-refractivity contribution in [3.8, 4) is 0 Å². The zero-order chi connectivity index (χ0) is 26.9. The van der Waals surface area contributed by atoms with Gasteiger partial charge in [0.25, 0.3) is 5.91 Å². The Balaban J connectivity index is 1.89. The number of aryl methyl sites for hydroxylation is 1. The first-order chi connectivity index (χ1) is 17.8. The van der Waals surface area contributed by atoms with E-state index in [0.29, 0.717) is 45.6 Å². The maximum Gasteiger partial charge on any atom is 0.255 e. The maximum atomic E-state index is 12.8. The van der Waals surface area contributed by atoms with Gasteiger partial charge in [0.2, 0.25) is 5.91 Å². The van der Waals surface area contributed by atoms with Crippen LogP contribution in [-0.2, 0) is 9.59 Å². The fraction of sp³-hybridized carbons (Fsp3) is 0.250. The Hall–Kier alpha value is -4.53. The first-order valence-corrected chi connectivity index (χ1v) is 11.8. The topological polar surface area (TPSA) is 121 Å². The van der Waals surface area contributed by atoms with Gasteiger partial charge in [-0.05, 0) is 57.0 Å². The molecule has 0 radical (unpaired) electrons. The summed E-state index contributed by atoms with van der Waals surface area (Å²) in [6.45, 7) is 11.2. The number of allylic oxidation sites excluding steroid dienone is 2. The van der Waals surface area contributed by atoms with Crippen LogP contribution in [-0.4, -0.2) is 53.1 Å². The minimum atomic E-state index is -0.336. The van der Waals surface area contributed by atoms with Gasteiger partial charge in [-0.2, -0.15) is 0 Å². The molecule has 0 bridgehead atoms. The van der Waals surface area contributed by atoms with E-state index in [9.17, 15) is 9.59 Å². The van der Waals surface area contributed by atoms with Crippen LogP contribution in [0.15, 0.2) is 82.5 Å². The zero-order valence-electron chi connectivity index (χ0n) is 21.6. The van der Waals surface area contributed by atoms with E-state index in [1.165, 1.54) is 6.08 Å². The number of aliphatic imine (C=N–C) groups is 3. The van der Waals surface area contributed by atoms with E-state index >= 15 is 0 Å². The Morgan fingerprint density at radius 3 is 2.46 bits per heavy atom. The Labute approximate surface area is 217 Å². The van der Waals surface area contributed by atoms with Gasteiger partial charge in [-0.25, -0.2) is 9.98 Å². The molecule has 1 aliphatic carbocycles. The lowest BCUT2D eigenvalue weighted by Crippen LogP contribution is -2.16. The smallest absolute Gasteiger partial charge is 0.255 e. The fourth-order valence-corrected chi connectivity index (χ4v) is 3.34. The second-order valence-electron chi connectivity index (χ2n) is 8.42. The van der Waals surface area contributed by atoms with Crippen molar-refractivity contribution in [3.63, 3.8) is 0 Å². The van der Waals surface area contributed by atoms with E-state index in [-0.39, 0.29) is 17.7 Å². The number of hydrogen-bond acceptors (Lipinski definition) is 6. The molecule has 0 saturated heterocycles. The number of carbonyl (C=O) groups excluding carboxylic acids is 2. The Bertz CT molecular complexity index is 1350. The third-order valence-corrected chi connectivity index (χ3v) is 5.67. The molecular weight excluding hydrogens is 466 g/mol. The van der Waals surface area contributed by atoms with Crippen LogP contribution >= 0.6 is 0 Å². The number of amidine groups is 1. The summed E-state index contributed by atoms with van der Waals surface area (Å²) in [4.78, 5) is 46.7. The number of rotatable bonds is 9. The Morgan fingerprint density at radius 1 is 1.08 bits per heavy atom. The van der Waals surface area contributed by atoms with E-state index in [0.717, 1.165) is 18.4 Å². The first kappa shape index (κ1) is 27.1. The predicted molar refractivity (Wildman–Crippen MR) is 150 cm³/mol. The van der Waals surface area contributed by atoms with Crippen LogP contribution in [0.25, 0.3) is 0 Å². The maximum absolute atomic E-state index is 12.8. The van der Waals surface area contributed by atoms with Crippen molar-refractivity contribution in [1.29, 1.82) is 0 Å². The first-order valence-electron chi connectivity index (χ1n) is 11.8. The van der Waals surface area contributed by atoms with Crippen molar-refractivity contribution < 1.29 is 9.59 Å². The van der Waals surface area contributed by atoms with Crippen molar-refractivity contribution in [2.45, 2.75) is 26.7 Å². The van der Waals surface area contributed by atoms with Gasteiger partial charge in [-0.15, -0.1) is 0 Å². The van der Waals surface area contributed by atoms with Gasteiger partial charge in [0, 0.05) is 54.3 Å². The van der Waals surface area contributed by atoms with Gasteiger partial charge in [-0.3, -0.25) is 24.6 Å². The molecule has 190 valence electrons. The molecule has 2 aromatic rings. The van der Waals surface area contributed by atoms with Crippen molar-refractivity contribution in [3.05, 3.63) is 84.4 Å². The highest BCUT2D eigenvalue weighted by Crippen LogP contribution is 2.30. The predicted octanol–water partition coefficient (Wildman–Crippen LogP) is 4.33. The highest BCUT2D eigenvalue weighted by Gasteiger charge is 2.29. The lowest BCUT2D eigenvalue weighted by Gasteiger charge is -2.11. The number of amides is 2. The summed E-state index contributed by atoms with van der Waals surface area (Å²) in [6.07, 6.45) is 9.74. The molecule has 1 fully saturated rings. The van der Waals surface area contributed by atoms with Gasteiger partial charge in [0.05, 0.1) is 17.6 Å². The number of carbonyl (C=O) groups is 2. The normalized spacial score (nSPS) is 14.7. The minimum absolute atomic E-state index is 0.0234. The van der Waals surface area contributed by atoms with Crippen LogP contribution in [0.5, 0.6) is 0 Å². The van der Waals surface area contributed by atoms with Crippen LogP contribution in [0.4, 0.5) is 11.5 Å². The molecule has 2 aromatic heterocycles. The SMILES string of the molecule is C=CC(=NC(=NC)c1cc(NC(=O)/C(C=C)=C/C(C)=NC)cnc1C)c1ccnc(NC(=O)C2CC2)c1. The van der Waals surface area contributed by atoms with Crippen LogP contribution in [0.3, 0.4) is 0 Å². The van der Waals surface area contributed by atoms with Crippen molar-refractivity contribution >= 4 is 40.6 Å². The number of hydrogen-bond donors (Lipinski definition) is 2. The second-order valence-corrected chi connectivity index (χ2v) is 8.42. The third-order valence-electron chi connectivity index (χ3n) is 5.67. The molecule has 1 aliphatic rings. The molecular formula is C28H31N7O2. The minimum Gasteiger partial charge on any atom is -0.321 e. The van der Waals surface area contributed by atoms with Gasteiger partial charge >= 0.3 is 0 Å². The molecule has 2 heterocycles. The molecule has 3 rings (SSSR count). The molecule has 9 nitrogen and oxygen atoms in total. The lowest BCUT2D eigenvalue weighted by atomic mass is 10.1. The van der Waals surface area contributed by atoms with Crippen LogP contribution < -0.4 is 10.6 Å². The fourth-order valence-electron chi connectivity index (χ4n) is 3.34. The summed E-state index contributed by atoms with van der Waals surface area (Å²) < 4.78 is 0. The average molecular weight is 498 g/mol. The number of pyridine rings is 2. The molecule has 2 amide bonds. The van der Waals surface area contributed by atoms with Crippen LogP contribution in [0.2, 0.25) is 0 Å². The van der Waals surface area contributed by atoms with E-state index < -0.39 is 0 Å². The molecule has 0 unspecified atom stereocenters. The third kappa shape index (κ3) is 7.23. The van der Waals surface area contributed by atoms with Crippen molar-refractivity contribution in [2.24, 2.45) is 20.9 Å². The standard InChI is InChI=1S/C28H31N7O2/c1-7-19(13-17(3)29-5)27(36)33-22-15-23(18(4)32-16-22)26(30-6)34-24(8-2)21-11-12-31-25(14-21)35-28(37)20-9-10-20/h7-8,11-16,20H,1-2,9-10H2,3-6H3,(H,33,36)(H,31,35,37)/b19-13+,29-17?,30-26?,34-24?. The monoisotopic (exact) mass is 497 g/mol. The van der Waals surface area contributed by atoms with Gasteiger partial charge in [-0.1, -0.05) is 19.2 Å². The molecule has 2 N–H and O–H groups in total. The second kappa shape index (κ2) is 12.4. The lowest BCUT2D eigenvalue weighted by molar-refractivity contribution is -0.117. The summed E-state index contributed by atoms with van der Waals surface area (Å²) in [7, 11) is 3.28. The molecule has 37 heavy (non-hydrogen) atoms. The highest BCUT2D eigenvalue weighted by atomic mass is 16.2. The van der Waals surface area contributed by atoms with Gasteiger partial charge in [0.15, 0.2) is 5.84 Å². The zero-order valence-corrected chi connectivity index (χ0v) is 21.6. The van der Waals surface area contributed by atoms with Gasteiger partial charge in [0.1, 0.15) is 5.82 Å². The summed E-state index contributed by atoms with van der Waals surface area (Å²) in [6, 6.07) is 5.30. The van der Waals surface area contributed by atoms with E-state index in [1.807, 2.05) is 6.92 Å². The van der Waals surface area contributed by atoms with E-state index in [1.54, 1.807) is 63.8 Å². The summed E-state index contributed by atoms with van der Waals surface area (Å²) in [5.74, 6) is 0.574. The highest BCUT2D eigenvalue weighted by molar-refractivity contribution is 6.17. The molecule has 9 heteroatoms. The van der Waals surface area contributed by atoms with Gasteiger partial charge < -0.3 is 10.6 Å². The number of nitrogens with one attached hydrogen (secondary N) is 2. The molecule has 1 saturated carbocycles. The number of nitrogens with zero attached hydrogens (tertiary/aromatic N) is 5. The van der Waals surface area contributed by atoms with E-state index in [4.69, 9.17) is 4.99 Å². The quantitative estimate of drug-likeness (QED) is 0.232. The van der Waals surface area contributed by atoms with Crippen molar-refractivity contribution in [1.82, 2.24) is 9.97 Å². The number of aromatic nitrogens is 2. The van der Waals surface area contributed by atoms with E-state index in [2.05, 4.69) is 43.7 Å². The van der Waals surface area contributed by atoms with Crippen LogP contribution in [0.1, 0.15) is 36.6 Å². The summed E-state index contributed by atoms with van der Waals surface area (Å²) in [5, 5.41) is 5.69. The largest absolute Gasteiger partial charge is 0.321 e. The van der Waals surface area contributed by atoms with Crippen molar-refractivity contribution in [2.75, 3.05) is 24.7 Å². The molecule has 0 aromatic carbocycles. The molecule has 0 aliphatic heterocycles. The van der Waals surface area contributed by atoms with Crippen LogP contribution in [0, 0.1) is 12.8 Å². The molecule has 0 spiro atoms. The average Bonchev–Trinajstić information content (AvgIpc) is 3.75. The Kier molecular flexibility index (Phi) is 9.10.